The van der Waals surface area contributed by atoms with Gasteiger partial charge in [-0.15, -0.1) is 10.2 Å². The third-order valence-corrected chi connectivity index (χ3v) is 8.32. The molecule has 36 heavy (non-hydrogen) atoms. The van der Waals surface area contributed by atoms with Gasteiger partial charge in [-0.3, -0.25) is 4.79 Å². The van der Waals surface area contributed by atoms with E-state index in [0.29, 0.717) is 29.0 Å². The molecule has 0 spiro atoms. The van der Waals surface area contributed by atoms with Gasteiger partial charge in [0.15, 0.2) is 5.65 Å². The highest BCUT2D eigenvalue weighted by molar-refractivity contribution is 9.10. The normalized spacial score (nSPS) is 20.2. The number of aromatic nitrogens is 6. The largest absolute Gasteiger partial charge is 0.359 e. The zero-order chi connectivity index (χ0) is 25.4. The first-order valence-corrected chi connectivity index (χ1v) is 13.2. The van der Waals surface area contributed by atoms with Crippen LogP contribution in [0.5, 0.6) is 0 Å². The second kappa shape index (κ2) is 9.55. The minimum absolute atomic E-state index is 0.0231. The molecule has 184 valence electrons. The molecule has 3 heterocycles. The van der Waals surface area contributed by atoms with Crippen molar-refractivity contribution in [2.45, 2.75) is 39.2 Å². The number of amides is 1. The molecular weight excluding hydrogens is 542 g/mol. The Morgan fingerprint density at radius 2 is 2.11 bits per heavy atom. The average Bonchev–Trinajstić information content (AvgIpc) is 3.61. The van der Waals surface area contributed by atoms with Gasteiger partial charge in [-0.2, -0.15) is 15.3 Å². The van der Waals surface area contributed by atoms with E-state index in [0.717, 1.165) is 33.1 Å². The van der Waals surface area contributed by atoms with E-state index in [1.54, 1.807) is 29.3 Å². The Hall–Kier alpha value is -3.43. The van der Waals surface area contributed by atoms with E-state index in [1.165, 1.54) is 0 Å². The van der Waals surface area contributed by atoms with E-state index in [2.05, 4.69) is 52.9 Å². The van der Waals surface area contributed by atoms with Gasteiger partial charge < -0.3 is 10.6 Å². The standard InChI is InChI=1S/C24H24BrN9OS/c1-13(11-26)24(22(35)27-3)9-8-16(10-24)29-23-28-12-18-19(25)33-34(20(18)30-23)17-6-4-15(5-7-17)21-32-31-14(2)36-21/h4-7,12-13,16H,8-10H2,1-3H3,(H,27,35)(H,28,29,30)/t13-,16-,24-/m1/s1. The highest BCUT2D eigenvalue weighted by atomic mass is 79.9. The van der Waals surface area contributed by atoms with Gasteiger partial charge in [0.05, 0.1) is 28.5 Å². The van der Waals surface area contributed by atoms with Crippen LogP contribution >= 0.6 is 27.3 Å². The summed E-state index contributed by atoms with van der Waals surface area (Å²) in [7, 11) is 1.62. The molecule has 0 radical (unpaired) electrons. The molecule has 1 saturated carbocycles. The number of rotatable bonds is 6. The molecule has 0 aliphatic heterocycles. The van der Waals surface area contributed by atoms with Crippen molar-refractivity contribution in [3.8, 4) is 22.3 Å². The molecular formula is C24H24BrN9OS. The summed E-state index contributed by atoms with van der Waals surface area (Å²) < 4.78 is 2.41. The molecule has 12 heteroatoms. The number of aryl methyl sites for hydroxylation is 1. The first-order chi connectivity index (χ1) is 17.3. The third kappa shape index (κ3) is 4.22. The lowest BCUT2D eigenvalue weighted by Crippen LogP contribution is -2.42. The summed E-state index contributed by atoms with van der Waals surface area (Å²) in [6.45, 7) is 3.75. The lowest BCUT2D eigenvalue weighted by atomic mass is 9.74. The number of nitrogens with one attached hydrogen (secondary N) is 2. The van der Waals surface area contributed by atoms with Crippen LogP contribution in [0.2, 0.25) is 0 Å². The van der Waals surface area contributed by atoms with Crippen LogP contribution in [0.4, 0.5) is 5.95 Å². The molecule has 0 saturated heterocycles. The second-order valence-corrected chi connectivity index (χ2v) is 10.9. The van der Waals surface area contributed by atoms with Gasteiger partial charge in [-0.1, -0.05) is 11.3 Å². The lowest BCUT2D eigenvalue weighted by Gasteiger charge is -2.29. The molecule has 3 atom stereocenters. The Balaban J connectivity index is 1.42. The molecule has 10 nitrogen and oxygen atoms in total. The first kappa shape index (κ1) is 24.3. The van der Waals surface area contributed by atoms with Crippen LogP contribution in [0.3, 0.4) is 0 Å². The maximum atomic E-state index is 12.7. The maximum absolute atomic E-state index is 12.7. The Kier molecular flexibility index (Phi) is 6.44. The van der Waals surface area contributed by atoms with Crippen LogP contribution < -0.4 is 10.6 Å². The van der Waals surface area contributed by atoms with Gasteiger partial charge >= 0.3 is 0 Å². The van der Waals surface area contributed by atoms with E-state index in [4.69, 9.17) is 4.98 Å². The smallest absolute Gasteiger partial charge is 0.227 e. The highest BCUT2D eigenvalue weighted by Crippen LogP contribution is 2.45. The zero-order valence-corrected chi connectivity index (χ0v) is 22.4. The summed E-state index contributed by atoms with van der Waals surface area (Å²) >= 11 is 5.07. The summed E-state index contributed by atoms with van der Waals surface area (Å²) in [5, 5.41) is 31.2. The van der Waals surface area contributed by atoms with Gasteiger partial charge in [0.25, 0.3) is 0 Å². The number of carbonyl (C=O) groups is 1. The number of benzene rings is 1. The number of halogens is 1. The summed E-state index contributed by atoms with van der Waals surface area (Å²) in [5.74, 6) is -0.0251. The topological polar surface area (TPSA) is 134 Å². The number of fused-ring (bicyclic) bond motifs is 1. The molecule has 1 aliphatic rings. The molecule has 0 unspecified atom stereocenters. The number of nitriles is 1. The number of anilines is 1. The molecule has 1 aliphatic carbocycles. The van der Waals surface area contributed by atoms with E-state index < -0.39 is 11.3 Å². The van der Waals surface area contributed by atoms with Gasteiger partial charge in [0.1, 0.15) is 14.6 Å². The van der Waals surface area contributed by atoms with Gasteiger partial charge in [0.2, 0.25) is 11.9 Å². The van der Waals surface area contributed by atoms with Gasteiger partial charge in [-0.25, -0.2) is 9.67 Å². The van der Waals surface area contributed by atoms with E-state index in [1.807, 2.05) is 38.1 Å². The van der Waals surface area contributed by atoms with Crippen LogP contribution in [-0.4, -0.2) is 48.9 Å². The monoisotopic (exact) mass is 565 g/mol. The Morgan fingerprint density at radius 1 is 1.33 bits per heavy atom. The molecule has 5 rings (SSSR count). The highest BCUT2D eigenvalue weighted by Gasteiger charge is 2.49. The predicted octanol–water partition coefficient (Wildman–Crippen LogP) is 4.26. The van der Waals surface area contributed by atoms with Gasteiger partial charge in [0, 0.05) is 24.8 Å². The van der Waals surface area contributed by atoms with Crippen molar-refractivity contribution >= 4 is 50.2 Å². The number of hydrogen-bond acceptors (Lipinski definition) is 9. The zero-order valence-electron chi connectivity index (χ0n) is 20.0. The number of hydrogen-bond donors (Lipinski definition) is 2. The second-order valence-electron chi connectivity index (χ2n) is 8.98. The lowest BCUT2D eigenvalue weighted by molar-refractivity contribution is -0.132. The molecule has 1 aromatic carbocycles. The van der Waals surface area contributed by atoms with Crippen LogP contribution in [0.15, 0.2) is 35.1 Å². The van der Waals surface area contributed by atoms with Crippen molar-refractivity contribution in [2.75, 3.05) is 12.4 Å². The summed E-state index contributed by atoms with van der Waals surface area (Å²) in [6.07, 6.45) is 3.65. The third-order valence-electron chi connectivity index (χ3n) is 6.85. The van der Waals surface area contributed by atoms with Crippen molar-refractivity contribution in [3.63, 3.8) is 0 Å². The minimum Gasteiger partial charge on any atom is -0.359 e. The van der Waals surface area contributed by atoms with Crippen molar-refractivity contribution in [1.82, 2.24) is 35.3 Å². The molecule has 3 aromatic heterocycles. The SMILES string of the molecule is CNC(=O)[C@]1([C@H](C)C#N)CC[C@@H](Nc2ncc3c(Br)nn(-c4ccc(-c5nnc(C)s5)cc4)c3n2)C1. The fourth-order valence-corrected chi connectivity index (χ4v) is 5.96. The molecule has 0 bridgehead atoms. The van der Waals surface area contributed by atoms with Crippen molar-refractivity contribution < 1.29 is 4.79 Å². The quantitative estimate of drug-likeness (QED) is 0.354. The molecule has 4 aromatic rings. The van der Waals surface area contributed by atoms with E-state index >= 15 is 0 Å². The Morgan fingerprint density at radius 3 is 2.78 bits per heavy atom. The van der Waals surface area contributed by atoms with E-state index in [9.17, 15) is 10.1 Å². The summed E-state index contributed by atoms with van der Waals surface area (Å²) in [4.78, 5) is 21.9. The summed E-state index contributed by atoms with van der Waals surface area (Å²) in [5.41, 5.74) is 1.77. The van der Waals surface area contributed by atoms with Crippen LogP contribution in [0.1, 0.15) is 31.2 Å². The fourth-order valence-electron chi connectivity index (χ4n) is 4.83. The van der Waals surface area contributed by atoms with Crippen molar-refractivity contribution in [3.05, 3.63) is 40.1 Å². The minimum atomic E-state index is -0.719. The van der Waals surface area contributed by atoms with Crippen molar-refractivity contribution in [1.29, 1.82) is 5.26 Å². The van der Waals surface area contributed by atoms with Gasteiger partial charge in [-0.05, 0) is 73.3 Å². The fraction of sp³-hybridized carbons (Fsp3) is 0.375. The van der Waals surface area contributed by atoms with Crippen molar-refractivity contribution in [2.24, 2.45) is 11.3 Å². The molecule has 1 amide bonds. The van der Waals surface area contributed by atoms with Crippen LogP contribution in [-0.2, 0) is 4.79 Å². The average molecular weight is 566 g/mol. The first-order valence-electron chi connectivity index (χ1n) is 11.5. The van der Waals surface area contributed by atoms with E-state index in [-0.39, 0.29) is 11.9 Å². The number of carbonyl (C=O) groups excluding carboxylic acids is 1. The van der Waals surface area contributed by atoms with Crippen LogP contribution in [0.25, 0.3) is 27.3 Å². The molecule has 1 fully saturated rings. The predicted molar refractivity (Wildman–Crippen MR) is 141 cm³/mol. The molecule has 2 N–H and O–H groups in total. The van der Waals surface area contributed by atoms with Crippen LogP contribution in [0, 0.1) is 29.6 Å². The Labute approximate surface area is 220 Å². The summed E-state index contributed by atoms with van der Waals surface area (Å²) in [6, 6.07) is 10.2. The Bertz CT molecular complexity index is 1480. The maximum Gasteiger partial charge on any atom is 0.227 e. The number of nitrogens with zero attached hydrogens (tertiary/aromatic N) is 7.